The first-order valence-electron chi connectivity index (χ1n) is 26.5. The summed E-state index contributed by atoms with van der Waals surface area (Å²) >= 11 is 0. The monoisotopic (exact) mass is 858 g/mol. The molecule has 4 rings (SSSR count). The highest BCUT2D eigenvalue weighted by Gasteiger charge is 2.10. The second-order valence-electron chi connectivity index (χ2n) is 18.1. The number of nitrogens with zero attached hydrogens (tertiary/aromatic N) is 6. The predicted octanol–water partition coefficient (Wildman–Crippen LogP) is 13.4. The van der Waals surface area contributed by atoms with Crippen LogP contribution in [-0.4, -0.2) is 156 Å². The predicted molar refractivity (Wildman–Crippen MR) is 281 cm³/mol. The van der Waals surface area contributed by atoms with Gasteiger partial charge in [0, 0.05) is 0 Å². The molecule has 0 aromatic heterocycles. The maximum absolute atomic E-state index is 5.14. The molecule has 4 aliphatic heterocycles. The van der Waals surface area contributed by atoms with Gasteiger partial charge in [-0.2, -0.15) is 0 Å². The van der Waals surface area contributed by atoms with Crippen LogP contribution in [0.15, 0.2) is 0 Å². The first-order valence-corrected chi connectivity index (χ1v) is 26.5. The maximum Gasteiger partial charge on any atom is -0.00183 e. The molecule has 0 unspecified atom stereocenters. The smallest absolute Gasteiger partial charge is 0.00183 e. The number of nitrogens with two attached hydrogens (primary N) is 1. The van der Waals surface area contributed by atoms with Crippen LogP contribution in [0.2, 0.25) is 0 Å². The van der Waals surface area contributed by atoms with Crippen LogP contribution in [0.5, 0.6) is 0 Å². The van der Waals surface area contributed by atoms with Crippen LogP contribution in [-0.2, 0) is 0 Å². The standard InChI is InChI=1S/C10H21N.2C8H17N.C7H15N.C6H15N.C5H13N.C4H11N.C4H10.CH4/c1-2-3-5-8-11-9-6-4-7-10-11;2*1-2-6-9-7-4-3-5-8-9;1-2-5-8-6-3-4-7-8;1-4-5-6-7(2)3;1-4-5-6(2)3;1-2-3-4-5;1-3-4-2;/h2-10H2,1H3;2*2-8H2,1H3;2-7H2,1H3;4-6H2,1-3H3;4-5H2,1-3H3;2-5H2,1H3;3-4H2,1-2H3;1H4. The molecule has 370 valence electrons. The van der Waals surface area contributed by atoms with Crippen molar-refractivity contribution in [2.45, 2.75) is 224 Å². The zero-order valence-electron chi connectivity index (χ0n) is 43.8. The Balaban J connectivity index is -0.000000195. The summed E-state index contributed by atoms with van der Waals surface area (Å²) in [4.78, 5) is 14.7. The summed E-state index contributed by atoms with van der Waals surface area (Å²) in [6, 6.07) is 0. The van der Waals surface area contributed by atoms with Crippen molar-refractivity contribution in [3.05, 3.63) is 0 Å². The molecule has 4 saturated heterocycles. The van der Waals surface area contributed by atoms with Crippen LogP contribution in [0.1, 0.15) is 224 Å². The van der Waals surface area contributed by atoms with E-state index in [1.54, 1.807) is 0 Å². The lowest BCUT2D eigenvalue weighted by molar-refractivity contribution is 0.224. The fourth-order valence-electron chi connectivity index (χ4n) is 7.22. The van der Waals surface area contributed by atoms with Gasteiger partial charge in [-0.1, -0.05) is 128 Å². The largest absolute Gasteiger partial charge is 0.330 e. The summed E-state index contributed by atoms with van der Waals surface area (Å²) in [7, 11) is 8.39. The number of piperidine rings is 3. The molecular formula is C53H123N7. The molecule has 4 aliphatic rings. The minimum absolute atomic E-state index is 0. The van der Waals surface area contributed by atoms with E-state index in [0.717, 1.165) is 6.54 Å². The van der Waals surface area contributed by atoms with E-state index in [1.807, 2.05) is 0 Å². The Morgan fingerprint density at radius 3 is 0.800 bits per heavy atom. The van der Waals surface area contributed by atoms with Gasteiger partial charge in [-0.3, -0.25) is 0 Å². The van der Waals surface area contributed by atoms with Gasteiger partial charge in [-0.05, 0) is 223 Å². The average Bonchev–Trinajstić information content (AvgIpc) is 3.77. The highest BCUT2D eigenvalue weighted by molar-refractivity contribution is 4.66. The molecule has 0 aromatic rings. The van der Waals surface area contributed by atoms with Gasteiger partial charge >= 0.3 is 0 Å². The van der Waals surface area contributed by atoms with Gasteiger partial charge in [0.25, 0.3) is 0 Å². The molecule has 60 heavy (non-hydrogen) atoms. The van der Waals surface area contributed by atoms with Crippen molar-refractivity contribution in [2.24, 2.45) is 5.73 Å². The molecule has 0 bridgehead atoms. The van der Waals surface area contributed by atoms with E-state index in [2.05, 4.69) is 120 Å². The molecule has 7 heteroatoms. The molecule has 0 atom stereocenters. The molecule has 7 nitrogen and oxygen atoms in total. The van der Waals surface area contributed by atoms with Gasteiger partial charge in [-0.15, -0.1) is 0 Å². The molecule has 4 heterocycles. The number of likely N-dealkylation sites (tertiary alicyclic amines) is 4. The van der Waals surface area contributed by atoms with Crippen molar-refractivity contribution in [3.8, 4) is 0 Å². The van der Waals surface area contributed by atoms with E-state index in [-0.39, 0.29) is 7.43 Å². The molecule has 0 spiro atoms. The van der Waals surface area contributed by atoms with Crippen molar-refractivity contribution in [2.75, 3.05) is 126 Å². The summed E-state index contributed by atoms with van der Waals surface area (Å²) in [5, 5.41) is 0. The highest BCUT2D eigenvalue weighted by Crippen LogP contribution is 2.11. The quantitative estimate of drug-likeness (QED) is 0.138. The third kappa shape index (κ3) is 62.0. The summed E-state index contributed by atoms with van der Waals surface area (Å²) < 4.78 is 0. The fraction of sp³-hybridized carbons (Fsp3) is 1.00. The Kier molecular flexibility index (Phi) is 69.7. The van der Waals surface area contributed by atoms with Crippen LogP contribution in [0.25, 0.3) is 0 Å². The zero-order chi connectivity index (χ0) is 45.0. The summed E-state index contributed by atoms with van der Waals surface area (Å²) in [5.74, 6) is 0. The van der Waals surface area contributed by atoms with Crippen molar-refractivity contribution in [3.63, 3.8) is 0 Å². The van der Waals surface area contributed by atoms with Crippen LogP contribution >= 0.6 is 0 Å². The average molecular weight is 859 g/mol. The second-order valence-corrected chi connectivity index (χ2v) is 18.1. The first kappa shape index (κ1) is 68.8. The molecule has 0 amide bonds. The normalized spacial score (nSPS) is 16.8. The third-order valence-corrected chi connectivity index (χ3v) is 10.9. The Morgan fingerprint density at radius 2 is 0.617 bits per heavy atom. The SMILES string of the molecule is C.CCCC.CCCCCN1CCCCC1.CCCCN.CCCCN(C)C.CCCN(C)C.CCCN1CCCC1.CCCN1CCCCC1.CCCN1CCCCC1. The van der Waals surface area contributed by atoms with Gasteiger partial charge in [0.1, 0.15) is 0 Å². The molecule has 4 fully saturated rings. The Morgan fingerprint density at radius 1 is 0.317 bits per heavy atom. The van der Waals surface area contributed by atoms with Gasteiger partial charge in [0.05, 0.1) is 0 Å². The number of hydrogen-bond acceptors (Lipinski definition) is 7. The lowest BCUT2D eigenvalue weighted by Gasteiger charge is -2.26. The van der Waals surface area contributed by atoms with E-state index >= 15 is 0 Å². The summed E-state index contributed by atoms with van der Waals surface area (Å²) in [6.07, 6.45) is 32.9. The van der Waals surface area contributed by atoms with E-state index in [9.17, 15) is 0 Å². The second kappa shape index (κ2) is 60.8. The molecular weight excluding hydrogens is 735 g/mol. The molecule has 0 radical (unpaired) electrons. The minimum atomic E-state index is 0. The van der Waals surface area contributed by atoms with Crippen LogP contribution in [0.3, 0.4) is 0 Å². The van der Waals surface area contributed by atoms with Crippen molar-refractivity contribution in [1.29, 1.82) is 0 Å². The van der Waals surface area contributed by atoms with Crippen molar-refractivity contribution >= 4 is 0 Å². The third-order valence-electron chi connectivity index (χ3n) is 10.9. The van der Waals surface area contributed by atoms with Gasteiger partial charge in [-0.25, -0.2) is 0 Å². The van der Waals surface area contributed by atoms with Crippen LogP contribution in [0, 0.1) is 0 Å². The van der Waals surface area contributed by atoms with Crippen LogP contribution < -0.4 is 5.73 Å². The van der Waals surface area contributed by atoms with Gasteiger partial charge in [0.15, 0.2) is 0 Å². The van der Waals surface area contributed by atoms with Crippen molar-refractivity contribution in [1.82, 2.24) is 29.4 Å². The number of unbranched alkanes of at least 4 members (excludes halogenated alkanes) is 5. The minimum Gasteiger partial charge on any atom is -0.330 e. The maximum atomic E-state index is 5.14. The zero-order valence-corrected chi connectivity index (χ0v) is 43.8. The van der Waals surface area contributed by atoms with Crippen LogP contribution in [0.4, 0.5) is 0 Å². The van der Waals surface area contributed by atoms with E-state index in [0.29, 0.717) is 0 Å². The first-order chi connectivity index (χ1) is 28.6. The van der Waals surface area contributed by atoms with E-state index < -0.39 is 0 Å². The topological polar surface area (TPSA) is 45.5 Å². The fourth-order valence-corrected chi connectivity index (χ4v) is 7.22. The van der Waals surface area contributed by atoms with E-state index in [4.69, 9.17) is 5.73 Å². The molecule has 0 aromatic carbocycles. The summed E-state index contributed by atoms with van der Waals surface area (Å²) in [6.45, 7) is 39.4. The summed E-state index contributed by atoms with van der Waals surface area (Å²) in [5.41, 5.74) is 5.14. The highest BCUT2D eigenvalue weighted by atomic mass is 15.1. The Labute approximate surface area is 384 Å². The lowest BCUT2D eigenvalue weighted by atomic mass is 10.1. The lowest BCUT2D eigenvalue weighted by Crippen LogP contribution is -2.30. The van der Waals surface area contributed by atoms with E-state index in [1.165, 1.54) is 246 Å². The number of hydrogen-bond donors (Lipinski definition) is 1. The van der Waals surface area contributed by atoms with Gasteiger partial charge in [0.2, 0.25) is 0 Å². The Bertz CT molecular complexity index is 639. The van der Waals surface area contributed by atoms with Gasteiger partial charge < -0.3 is 35.1 Å². The number of rotatable bonds is 18. The Hall–Kier alpha value is -0.280. The van der Waals surface area contributed by atoms with Crippen molar-refractivity contribution < 1.29 is 0 Å². The molecule has 0 aliphatic carbocycles. The molecule has 2 N–H and O–H groups in total. The molecule has 0 saturated carbocycles.